The molecule has 0 saturated carbocycles. The van der Waals surface area contributed by atoms with Gasteiger partial charge in [-0.2, -0.15) is 5.10 Å². The van der Waals surface area contributed by atoms with Gasteiger partial charge >= 0.3 is 0 Å². The van der Waals surface area contributed by atoms with Crippen molar-refractivity contribution < 1.29 is 4.39 Å². The van der Waals surface area contributed by atoms with Crippen molar-refractivity contribution in [1.29, 1.82) is 0 Å². The molecule has 0 fully saturated rings. The van der Waals surface area contributed by atoms with Crippen LogP contribution in [0.2, 0.25) is 0 Å². The fraction of sp³-hybridized carbons (Fsp3) is 0.400. The van der Waals surface area contributed by atoms with Gasteiger partial charge in [-0.15, -0.1) is 0 Å². The molecule has 20 heavy (non-hydrogen) atoms. The van der Waals surface area contributed by atoms with E-state index < -0.39 is 0 Å². The largest absolute Gasteiger partial charge is 0.328 e. The summed E-state index contributed by atoms with van der Waals surface area (Å²) in [5.41, 5.74) is 8.44. The third-order valence-electron chi connectivity index (χ3n) is 3.37. The Morgan fingerprint density at radius 2 is 2.05 bits per heavy atom. The fourth-order valence-corrected chi connectivity index (χ4v) is 2.51. The topological polar surface area (TPSA) is 47.1 Å². The van der Waals surface area contributed by atoms with E-state index in [2.05, 4.69) is 5.10 Å². The summed E-state index contributed by atoms with van der Waals surface area (Å²) in [5.74, 6) is 0.630. The van der Waals surface area contributed by atoms with Crippen molar-refractivity contribution in [3.63, 3.8) is 0 Å². The minimum Gasteiger partial charge on any atom is -0.328 e. The Morgan fingerprint density at radius 3 is 2.65 bits per heavy atom. The van der Waals surface area contributed by atoms with Crippen molar-refractivity contribution in [2.24, 2.45) is 12.8 Å². The summed E-state index contributed by atoms with van der Waals surface area (Å²) in [4.78, 5) is 1.83. The Hall–Kier alpha value is -1.88. The summed E-state index contributed by atoms with van der Waals surface area (Å²) >= 11 is 0. The van der Waals surface area contributed by atoms with Crippen LogP contribution in [0.4, 0.5) is 15.9 Å². The third kappa shape index (κ3) is 2.67. The van der Waals surface area contributed by atoms with Crippen LogP contribution in [0, 0.1) is 12.7 Å². The van der Waals surface area contributed by atoms with Crippen LogP contribution in [0.25, 0.3) is 0 Å². The Morgan fingerprint density at radius 1 is 1.40 bits per heavy atom. The van der Waals surface area contributed by atoms with E-state index in [9.17, 15) is 4.39 Å². The maximum atomic E-state index is 14.0. The summed E-state index contributed by atoms with van der Waals surface area (Å²) in [6, 6.07) is 6.76. The number of nitrogens with zero attached hydrogens (tertiary/aromatic N) is 3. The smallest absolute Gasteiger partial charge is 0.146 e. The Labute approximate surface area is 119 Å². The van der Waals surface area contributed by atoms with Crippen molar-refractivity contribution in [3.05, 3.63) is 41.3 Å². The maximum Gasteiger partial charge on any atom is 0.146 e. The lowest BCUT2D eigenvalue weighted by atomic mass is 10.1. The standard InChI is InChI=1S/C15H21FN4/c1-10(17)9-12-11(2)18-20(4)15(12)19(3)14-8-6-5-7-13(14)16/h5-8,10H,9,17H2,1-4H3. The van der Waals surface area contributed by atoms with E-state index in [0.717, 1.165) is 17.1 Å². The van der Waals surface area contributed by atoms with Crippen molar-refractivity contribution in [3.8, 4) is 0 Å². The zero-order valence-corrected chi connectivity index (χ0v) is 12.4. The van der Waals surface area contributed by atoms with Crippen LogP contribution in [0.5, 0.6) is 0 Å². The molecule has 1 atom stereocenters. The second kappa shape index (κ2) is 5.63. The van der Waals surface area contributed by atoms with E-state index in [0.29, 0.717) is 12.1 Å². The second-order valence-electron chi connectivity index (χ2n) is 5.20. The van der Waals surface area contributed by atoms with Gasteiger partial charge in [-0.3, -0.25) is 4.68 Å². The van der Waals surface area contributed by atoms with Crippen molar-refractivity contribution in [2.75, 3.05) is 11.9 Å². The molecule has 5 heteroatoms. The first-order valence-electron chi connectivity index (χ1n) is 6.68. The van der Waals surface area contributed by atoms with Gasteiger partial charge < -0.3 is 10.6 Å². The van der Waals surface area contributed by atoms with Gasteiger partial charge in [-0.05, 0) is 32.4 Å². The number of aryl methyl sites for hydroxylation is 2. The van der Waals surface area contributed by atoms with Gasteiger partial charge in [-0.25, -0.2) is 4.39 Å². The van der Waals surface area contributed by atoms with Crippen LogP contribution in [-0.2, 0) is 13.5 Å². The monoisotopic (exact) mass is 276 g/mol. The lowest BCUT2D eigenvalue weighted by molar-refractivity contribution is 0.625. The molecule has 0 saturated heterocycles. The minimum absolute atomic E-state index is 0.0330. The molecule has 2 aromatic rings. The van der Waals surface area contributed by atoms with Crippen LogP contribution in [0.15, 0.2) is 24.3 Å². The summed E-state index contributed by atoms with van der Waals surface area (Å²) < 4.78 is 15.7. The fourth-order valence-electron chi connectivity index (χ4n) is 2.51. The number of benzene rings is 1. The van der Waals surface area contributed by atoms with Gasteiger partial charge in [0.15, 0.2) is 0 Å². The van der Waals surface area contributed by atoms with Crippen LogP contribution in [-0.4, -0.2) is 22.9 Å². The Bertz CT molecular complexity index is 604. The molecule has 1 aromatic carbocycles. The Kier molecular flexibility index (Phi) is 4.09. The van der Waals surface area contributed by atoms with Gasteiger partial charge in [-0.1, -0.05) is 12.1 Å². The molecular weight excluding hydrogens is 255 g/mol. The minimum atomic E-state index is -0.249. The number of rotatable bonds is 4. The van der Waals surface area contributed by atoms with Crippen LogP contribution in [0.1, 0.15) is 18.2 Å². The van der Waals surface area contributed by atoms with Crippen molar-refractivity contribution in [2.45, 2.75) is 26.3 Å². The average Bonchev–Trinajstić information content (AvgIpc) is 2.63. The van der Waals surface area contributed by atoms with E-state index in [1.807, 2.05) is 38.9 Å². The lowest BCUT2D eigenvalue weighted by Gasteiger charge is -2.22. The molecule has 0 bridgehead atoms. The number of hydrogen-bond acceptors (Lipinski definition) is 3. The number of aromatic nitrogens is 2. The summed E-state index contributed by atoms with van der Waals surface area (Å²) in [7, 11) is 3.71. The van der Waals surface area contributed by atoms with Crippen molar-refractivity contribution in [1.82, 2.24) is 9.78 Å². The second-order valence-corrected chi connectivity index (χ2v) is 5.20. The van der Waals surface area contributed by atoms with E-state index in [-0.39, 0.29) is 11.9 Å². The van der Waals surface area contributed by atoms with Gasteiger partial charge in [0, 0.05) is 25.7 Å². The highest BCUT2D eigenvalue weighted by molar-refractivity contribution is 5.64. The molecule has 2 rings (SSSR count). The Balaban J connectivity index is 2.49. The molecule has 0 aliphatic rings. The first-order valence-corrected chi connectivity index (χ1v) is 6.68. The number of anilines is 2. The highest BCUT2D eigenvalue weighted by Gasteiger charge is 2.20. The first kappa shape index (κ1) is 14.5. The van der Waals surface area contributed by atoms with Gasteiger partial charge in [0.1, 0.15) is 11.6 Å². The molecule has 0 radical (unpaired) electrons. The predicted octanol–water partition coefficient (Wildman–Crippen LogP) is 2.53. The number of hydrogen-bond donors (Lipinski definition) is 1. The summed E-state index contributed by atoms with van der Waals surface area (Å²) in [5, 5.41) is 4.44. The van der Waals surface area contributed by atoms with Gasteiger partial charge in [0.25, 0.3) is 0 Å². The molecule has 0 amide bonds. The van der Waals surface area contributed by atoms with E-state index >= 15 is 0 Å². The lowest BCUT2D eigenvalue weighted by Crippen LogP contribution is -2.21. The third-order valence-corrected chi connectivity index (χ3v) is 3.37. The zero-order chi connectivity index (χ0) is 14.9. The van der Waals surface area contributed by atoms with Crippen LogP contribution >= 0.6 is 0 Å². The quantitative estimate of drug-likeness (QED) is 0.933. The molecule has 0 aliphatic heterocycles. The molecule has 108 valence electrons. The molecular formula is C15H21FN4. The highest BCUT2D eigenvalue weighted by atomic mass is 19.1. The van der Waals surface area contributed by atoms with Gasteiger partial charge in [0.2, 0.25) is 0 Å². The SMILES string of the molecule is Cc1nn(C)c(N(C)c2ccccc2F)c1CC(C)N. The van der Waals surface area contributed by atoms with E-state index in [4.69, 9.17) is 5.73 Å². The maximum absolute atomic E-state index is 14.0. The first-order chi connectivity index (χ1) is 9.41. The van der Waals surface area contributed by atoms with Crippen molar-refractivity contribution >= 4 is 11.5 Å². The highest BCUT2D eigenvalue weighted by Crippen LogP contribution is 2.30. The normalized spacial score (nSPS) is 12.5. The van der Waals surface area contributed by atoms with Crippen LogP contribution in [0.3, 0.4) is 0 Å². The predicted molar refractivity (Wildman–Crippen MR) is 79.8 cm³/mol. The summed E-state index contributed by atoms with van der Waals surface area (Å²) in [6.07, 6.45) is 0.716. The number of nitrogens with two attached hydrogens (primary N) is 1. The van der Waals surface area contributed by atoms with E-state index in [1.165, 1.54) is 6.07 Å². The molecule has 1 unspecified atom stereocenters. The number of halogens is 1. The zero-order valence-electron chi connectivity index (χ0n) is 12.4. The molecule has 1 aromatic heterocycles. The molecule has 0 spiro atoms. The number of para-hydroxylation sites is 1. The molecule has 4 nitrogen and oxygen atoms in total. The average molecular weight is 276 g/mol. The summed E-state index contributed by atoms with van der Waals surface area (Å²) in [6.45, 7) is 3.91. The van der Waals surface area contributed by atoms with Gasteiger partial charge in [0.05, 0.1) is 11.4 Å². The molecule has 0 aliphatic carbocycles. The van der Waals surface area contributed by atoms with E-state index in [1.54, 1.807) is 16.8 Å². The molecule has 1 heterocycles. The molecule has 2 N–H and O–H groups in total. The van der Waals surface area contributed by atoms with Crippen LogP contribution < -0.4 is 10.6 Å².